The van der Waals surface area contributed by atoms with Crippen LogP contribution in [0.15, 0.2) is 34.9 Å². The lowest BCUT2D eigenvalue weighted by atomic mass is 10.2. The second-order valence-corrected chi connectivity index (χ2v) is 3.90. The van der Waals surface area contributed by atoms with E-state index in [-0.39, 0.29) is 5.75 Å². The van der Waals surface area contributed by atoms with Crippen LogP contribution in [-0.2, 0) is 6.54 Å². The summed E-state index contributed by atoms with van der Waals surface area (Å²) in [6.45, 7) is 5.36. The standard InChI is InChI=1S/C13H16N2O2/c1-3-15(9-13-14-8-10(2)17-13)11-5-4-6-12(16)7-11/h4-8,16H,3,9H2,1-2H3. The maximum atomic E-state index is 9.46. The number of phenols is 1. The normalized spacial score (nSPS) is 10.5. The van der Waals surface area contributed by atoms with E-state index in [0.717, 1.165) is 18.0 Å². The summed E-state index contributed by atoms with van der Waals surface area (Å²) < 4.78 is 5.45. The number of hydrogen-bond acceptors (Lipinski definition) is 4. The van der Waals surface area contributed by atoms with E-state index in [1.54, 1.807) is 18.3 Å². The lowest BCUT2D eigenvalue weighted by molar-refractivity contribution is 0.464. The van der Waals surface area contributed by atoms with Gasteiger partial charge in [-0.1, -0.05) is 6.07 Å². The molecule has 4 nitrogen and oxygen atoms in total. The Hall–Kier alpha value is -1.97. The predicted octanol–water partition coefficient (Wildman–Crippen LogP) is 2.72. The third-order valence-corrected chi connectivity index (χ3v) is 2.57. The molecule has 4 heteroatoms. The van der Waals surface area contributed by atoms with E-state index >= 15 is 0 Å². The van der Waals surface area contributed by atoms with Crippen molar-refractivity contribution in [2.75, 3.05) is 11.4 Å². The number of rotatable bonds is 4. The van der Waals surface area contributed by atoms with Gasteiger partial charge in [0.15, 0.2) is 0 Å². The van der Waals surface area contributed by atoms with E-state index in [1.165, 1.54) is 0 Å². The molecule has 90 valence electrons. The van der Waals surface area contributed by atoms with Crippen LogP contribution in [0.3, 0.4) is 0 Å². The molecule has 0 amide bonds. The fourth-order valence-electron chi connectivity index (χ4n) is 1.71. The number of anilines is 1. The van der Waals surface area contributed by atoms with Gasteiger partial charge in [-0.3, -0.25) is 0 Å². The lowest BCUT2D eigenvalue weighted by Crippen LogP contribution is -2.21. The Morgan fingerprint density at radius 2 is 2.24 bits per heavy atom. The topological polar surface area (TPSA) is 49.5 Å². The Bertz CT molecular complexity index is 494. The molecule has 0 spiro atoms. The van der Waals surface area contributed by atoms with Crippen molar-refractivity contribution in [1.82, 2.24) is 4.98 Å². The summed E-state index contributed by atoms with van der Waals surface area (Å²) in [6.07, 6.45) is 1.71. The fraction of sp³-hybridized carbons (Fsp3) is 0.308. The molecule has 0 bridgehead atoms. The number of nitrogens with zero attached hydrogens (tertiary/aromatic N) is 2. The minimum atomic E-state index is 0.268. The van der Waals surface area contributed by atoms with Crippen molar-refractivity contribution in [2.24, 2.45) is 0 Å². The average molecular weight is 232 g/mol. The molecular weight excluding hydrogens is 216 g/mol. The van der Waals surface area contributed by atoms with Gasteiger partial charge in [0, 0.05) is 18.3 Å². The Labute approximate surface area is 101 Å². The third-order valence-electron chi connectivity index (χ3n) is 2.57. The maximum Gasteiger partial charge on any atom is 0.213 e. The van der Waals surface area contributed by atoms with Crippen LogP contribution in [0.4, 0.5) is 5.69 Å². The molecule has 1 N–H and O–H groups in total. The van der Waals surface area contributed by atoms with Crippen molar-refractivity contribution >= 4 is 5.69 Å². The molecule has 2 aromatic rings. The van der Waals surface area contributed by atoms with Gasteiger partial charge in [-0.25, -0.2) is 4.98 Å². The van der Waals surface area contributed by atoms with Crippen molar-refractivity contribution in [3.8, 4) is 5.75 Å². The van der Waals surface area contributed by atoms with Crippen LogP contribution in [0.1, 0.15) is 18.6 Å². The van der Waals surface area contributed by atoms with E-state index in [9.17, 15) is 5.11 Å². The molecule has 0 aliphatic carbocycles. The Kier molecular flexibility index (Phi) is 3.32. The maximum absolute atomic E-state index is 9.46. The molecule has 2 rings (SSSR count). The number of aromatic hydroxyl groups is 1. The number of aryl methyl sites for hydroxylation is 1. The summed E-state index contributed by atoms with van der Waals surface area (Å²) in [7, 11) is 0. The molecule has 1 aromatic heterocycles. The van der Waals surface area contributed by atoms with Gasteiger partial charge in [-0.05, 0) is 26.0 Å². The molecule has 0 radical (unpaired) electrons. The first kappa shape index (κ1) is 11.5. The number of oxazole rings is 1. The van der Waals surface area contributed by atoms with Crippen LogP contribution in [0, 0.1) is 6.92 Å². The van der Waals surface area contributed by atoms with Crippen molar-refractivity contribution in [3.05, 3.63) is 42.1 Å². The molecule has 0 atom stereocenters. The van der Waals surface area contributed by atoms with E-state index in [2.05, 4.69) is 16.8 Å². The average Bonchev–Trinajstić information content (AvgIpc) is 2.72. The molecular formula is C13H16N2O2. The highest BCUT2D eigenvalue weighted by molar-refractivity contribution is 5.50. The van der Waals surface area contributed by atoms with Gasteiger partial charge in [0.05, 0.1) is 12.7 Å². The van der Waals surface area contributed by atoms with Gasteiger partial charge in [-0.2, -0.15) is 0 Å². The van der Waals surface area contributed by atoms with E-state index in [0.29, 0.717) is 12.4 Å². The van der Waals surface area contributed by atoms with Gasteiger partial charge in [0.2, 0.25) is 5.89 Å². The van der Waals surface area contributed by atoms with Gasteiger partial charge >= 0.3 is 0 Å². The molecule has 0 aliphatic rings. The van der Waals surface area contributed by atoms with Crippen LogP contribution in [-0.4, -0.2) is 16.6 Å². The van der Waals surface area contributed by atoms with Crippen LogP contribution in [0.5, 0.6) is 5.75 Å². The lowest BCUT2D eigenvalue weighted by Gasteiger charge is -2.21. The van der Waals surface area contributed by atoms with Gasteiger partial charge in [-0.15, -0.1) is 0 Å². The first-order valence-electron chi connectivity index (χ1n) is 5.64. The summed E-state index contributed by atoms with van der Waals surface area (Å²) in [5, 5.41) is 9.46. The highest BCUT2D eigenvalue weighted by Crippen LogP contribution is 2.21. The minimum Gasteiger partial charge on any atom is -0.508 e. The molecule has 0 aliphatic heterocycles. The molecule has 0 saturated heterocycles. The van der Waals surface area contributed by atoms with E-state index < -0.39 is 0 Å². The second kappa shape index (κ2) is 4.91. The summed E-state index contributed by atoms with van der Waals surface area (Å²) in [5.74, 6) is 1.77. The Morgan fingerprint density at radius 1 is 1.41 bits per heavy atom. The zero-order valence-electron chi connectivity index (χ0n) is 10.1. The van der Waals surface area contributed by atoms with E-state index in [4.69, 9.17) is 4.42 Å². The minimum absolute atomic E-state index is 0.268. The molecule has 17 heavy (non-hydrogen) atoms. The van der Waals surface area contributed by atoms with Crippen LogP contribution < -0.4 is 4.90 Å². The predicted molar refractivity (Wildman–Crippen MR) is 66.1 cm³/mol. The number of aromatic nitrogens is 1. The molecule has 1 aromatic carbocycles. The largest absolute Gasteiger partial charge is 0.508 e. The van der Waals surface area contributed by atoms with Crippen molar-refractivity contribution in [1.29, 1.82) is 0 Å². The highest BCUT2D eigenvalue weighted by Gasteiger charge is 2.09. The quantitative estimate of drug-likeness (QED) is 0.880. The Balaban J connectivity index is 2.16. The van der Waals surface area contributed by atoms with Crippen molar-refractivity contribution < 1.29 is 9.52 Å². The van der Waals surface area contributed by atoms with Crippen LogP contribution in [0.2, 0.25) is 0 Å². The second-order valence-electron chi connectivity index (χ2n) is 3.90. The number of benzene rings is 1. The van der Waals surface area contributed by atoms with Crippen LogP contribution >= 0.6 is 0 Å². The van der Waals surface area contributed by atoms with Crippen molar-refractivity contribution in [3.63, 3.8) is 0 Å². The zero-order valence-corrected chi connectivity index (χ0v) is 10.1. The third kappa shape index (κ3) is 2.78. The van der Waals surface area contributed by atoms with Gasteiger partial charge in [0.1, 0.15) is 11.5 Å². The number of phenolic OH excluding ortho intramolecular Hbond substituents is 1. The summed E-state index contributed by atoms with van der Waals surface area (Å²) >= 11 is 0. The van der Waals surface area contributed by atoms with Gasteiger partial charge < -0.3 is 14.4 Å². The molecule has 0 fully saturated rings. The zero-order chi connectivity index (χ0) is 12.3. The smallest absolute Gasteiger partial charge is 0.213 e. The first-order chi connectivity index (χ1) is 8.19. The van der Waals surface area contributed by atoms with Gasteiger partial charge in [0.25, 0.3) is 0 Å². The number of hydrogen-bond donors (Lipinski definition) is 1. The van der Waals surface area contributed by atoms with Crippen molar-refractivity contribution in [2.45, 2.75) is 20.4 Å². The Morgan fingerprint density at radius 3 is 2.82 bits per heavy atom. The monoisotopic (exact) mass is 232 g/mol. The molecule has 0 unspecified atom stereocenters. The molecule has 1 heterocycles. The fourth-order valence-corrected chi connectivity index (χ4v) is 1.71. The van der Waals surface area contributed by atoms with E-state index in [1.807, 2.05) is 19.1 Å². The van der Waals surface area contributed by atoms with Crippen LogP contribution in [0.25, 0.3) is 0 Å². The first-order valence-corrected chi connectivity index (χ1v) is 5.64. The molecule has 0 saturated carbocycles. The highest BCUT2D eigenvalue weighted by atomic mass is 16.4. The summed E-state index contributed by atoms with van der Waals surface area (Å²) in [6, 6.07) is 7.18. The SMILES string of the molecule is CCN(Cc1ncc(C)o1)c1cccc(O)c1. The summed E-state index contributed by atoms with van der Waals surface area (Å²) in [5.41, 5.74) is 0.961. The summed E-state index contributed by atoms with van der Waals surface area (Å²) in [4.78, 5) is 6.27.